The Hall–Kier alpha value is -2.77. The minimum absolute atomic E-state index is 0.0127. The second kappa shape index (κ2) is 9.51. The van der Waals surface area contributed by atoms with Gasteiger partial charge in [0.2, 0.25) is 0 Å². The summed E-state index contributed by atoms with van der Waals surface area (Å²) in [6, 6.07) is 15.3. The zero-order valence-corrected chi connectivity index (χ0v) is 14.2. The van der Waals surface area contributed by atoms with E-state index in [9.17, 15) is 4.79 Å². The first-order valence-electron chi connectivity index (χ1n) is 8.18. The Balaban J connectivity index is 1.97. The van der Waals surface area contributed by atoms with Gasteiger partial charge in [0.1, 0.15) is 12.4 Å². The van der Waals surface area contributed by atoms with Crippen molar-refractivity contribution in [2.75, 3.05) is 6.61 Å². The largest absolute Gasteiger partial charge is 0.489 e. The molecule has 4 nitrogen and oxygen atoms in total. The van der Waals surface area contributed by atoms with Crippen LogP contribution in [-0.4, -0.2) is 22.8 Å². The first-order valence-corrected chi connectivity index (χ1v) is 8.18. The molecule has 2 rings (SSSR count). The van der Waals surface area contributed by atoms with Crippen LogP contribution in [0, 0.1) is 11.8 Å². The normalized spacial score (nSPS) is 11.3. The summed E-state index contributed by atoms with van der Waals surface area (Å²) in [6.45, 7) is 2.30. The highest BCUT2D eigenvalue weighted by atomic mass is 16.5. The van der Waals surface area contributed by atoms with E-state index in [1.165, 1.54) is 0 Å². The maximum atomic E-state index is 10.9. The molecule has 2 aromatic rings. The number of aliphatic hydroxyl groups is 1. The molecule has 0 spiro atoms. The molecule has 0 saturated carbocycles. The second-order valence-corrected chi connectivity index (χ2v) is 5.69. The van der Waals surface area contributed by atoms with E-state index in [1.54, 1.807) is 6.92 Å². The van der Waals surface area contributed by atoms with Gasteiger partial charge in [-0.3, -0.25) is 4.79 Å². The third-order valence-corrected chi connectivity index (χ3v) is 3.81. The van der Waals surface area contributed by atoms with E-state index < -0.39 is 5.97 Å². The van der Waals surface area contributed by atoms with Gasteiger partial charge in [-0.1, -0.05) is 42.3 Å². The quantitative estimate of drug-likeness (QED) is 0.724. The molecule has 0 unspecified atom stereocenters. The SMILES string of the molecule is CC#C[C@@H](CC(=O)O)c1ccc(OCc2ccc(CCO)cc2)cc1. The lowest BCUT2D eigenvalue weighted by Gasteiger charge is -2.11. The molecule has 0 amide bonds. The van der Waals surface area contributed by atoms with Crippen LogP contribution < -0.4 is 4.74 Å². The highest BCUT2D eigenvalue weighted by Gasteiger charge is 2.13. The molecule has 0 aromatic heterocycles. The Morgan fingerprint density at radius 1 is 1.08 bits per heavy atom. The average Bonchev–Trinajstić information content (AvgIpc) is 2.61. The number of benzene rings is 2. The van der Waals surface area contributed by atoms with Gasteiger partial charge in [-0.2, -0.15) is 0 Å². The molecule has 1 atom stereocenters. The van der Waals surface area contributed by atoms with Crippen molar-refractivity contribution < 1.29 is 19.7 Å². The molecule has 2 aromatic carbocycles. The summed E-state index contributed by atoms with van der Waals surface area (Å²) in [4.78, 5) is 10.9. The minimum atomic E-state index is -0.863. The van der Waals surface area contributed by atoms with E-state index in [2.05, 4.69) is 11.8 Å². The van der Waals surface area contributed by atoms with E-state index in [1.807, 2.05) is 48.5 Å². The van der Waals surface area contributed by atoms with Gasteiger partial charge in [-0.05, 0) is 42.2 Å². The summed E-state index contributed by atoms with van der Waals surface area (Å²) < 4.78 is 5.77. The number of aliphatic hydroxyl groups excluding tert-OH is 1. The zero-order valence-electron chi connectivity index (χ0n) is 14.2. The Bertz CT molecular complexity index is 736. The van der Waals surface area contributed by atoms with Crippen LogP contribution in [0.2, 0.25) is 0 Å². The molecule has 2 N–H and O–H groups in total. The summed E-state index contributed by atoms with van der Waals surface area (Å²) in [7, 11) is 0. The van der Waals surface area contributed by atoms with Crippen molar-refractivity contribution in [1.82, 2.24) is 0 Å². The Kier molecular flexibility index (Phi) is 7.06. The van der Waals surface area contributed by atoms with Gasteiger partial charge in [0, 0.05) is 6.61 Å². The third kappa shape index (κ3) is 5.98. The molecule has 130 valence electrons. The molecule has 25 heavy (non-hydrogen) atoms. The monoisotopic (exact) mass is 338 g/mol. The van der Waals surface area contributed by atoms with Crippen molar-refractivity contribution in [2.24, 2.45) is 0 Å². The van der Waals surface area contributed by atoms with Gasteiger partial charge >= 0.3 is 5.97 Å². The second-order valence-electron chi connectivity index (χ2n) is 5.69. The molecule has 0 aliphatic rings. The fourth-order valence-corrected chi connectivity index (χ4v) is 2.50. The number of ether oxygens (including phenoxy) is 1. The van der Waals surface area contributed by atoms with E-state index in [4.69, 9.17) is 14.9 Å². The fraction of sp³-hybridized carbons (Fsp3) is 0.286. The third-order valence-electron chi connectivity index (χ3n) is 3.81. The Labute approximate surface area is 148 Å². The molecule has 0 radical (unpaired) electrons. The van der Waals surface area contributed by atoms with Gasteiger partial charge in [0.15, 0.2) is 0 Å². The number of carbonyl (C=O) groups is 1. The van der Waals surface area contributed by atoms with E-state index in [-0.39, 0.29) is 18.9 Å². The highest BCUT2D eigenvalue weighted by molar-refractivity contribution is 5.69. The van der Waals surface area contributed by atoms with Crippen molar-refractivity contribution >= 4 is 5.97 Å². The van der Waals surface area contributed by atoms with Crippen molar-refractivity contribution in [2.45, 2.75) is 32.3 Å². The molecule has 0 aliphatic carbocycles. The fourth-order valence-electron chi connectivity index (χ4n) is 2.50. The van der Waals surface area contributed by atoms with Crippen LogP contribution in [0.15, 0.2) is 48.5 Å². The molecule has 0 aliphatic heterocycles. The smallest absolute Gasteiger partial charge is 0.304 e. The Morgan fingerprint density at radius 3 is 2.28 bits per heavy atom. The van der Waals surface area contributed by atoms with Crippen molar-refractivity contribution in [3.05, 3.63) is 65.2 Å². The first kappa shape index (κ1) is 18.6. The summed E-state index contributed by atoms with van der Waals surface area (Å²) >= 11 is 0. The van der Waals surface area contributed by atoms with E-state index >= 15 is 0 Å². The van der Waals surface area contributed by atoms with Crippen LogP contribution in [0.1, 0.15) is 36.0 Å². The van der Waals surface area contributed by atoms with Crippen LogP contribution in [0.25, 0.3) is 0 Å². The van der Waals surface area contributed by atoms with Crippen molar-refractivity contribution in [3.63, 3.8) is 0 Å². The lowest BCUT2D eigenvalue weighted by molar-refractivity contribution is -0.137. The summed E-state index contributed by atoms with van der Waals surface area (Å²) in [5, 5.41) is 17.9. The lowest BCUT2D eigenvalue weighted by Crippen LogP contribution is -2.04. The topological polar surface area (TPSA) is 66.8 Å². The molecular weight excluding hydrogens is 316 g/mol. The summed E-state index contributed by atoms with van der Waals surface area (Å²) in [5.74, 6) is 5.27. The molecular formula is C21H22O4. The van der Waals surface area contributed by atoms with Crippen LogP contribution in [0.4, 0.5) is 0 Å². The first-order chi connectivity index (χ1) is 12.1. The number of rotatable bonds is 8. The Morgan fingerprint density at radius 2 is 1.72 bits per heavy atom. The molecule has 4 heteroatoms. The number of hydrogen-bond acceptors (Lipinski definition) is 3. The van der Waals surface area contributed by atoms with Gasteiger partial charge in [0.25, 0.3) is 0 Å². The van der Waals surface area contributed by atoms with Gasteiger partial charge in [0.05, 0.1) is 12.3 Å². The van der Waals surface area contributed by atoms with Gasteiger partial charge < -0.3 is 14.9 Å². The van der Waals surface area contributed by atoms with E-state index in [0.717, 1.165) is 22.4 Å². The van der Waals surface area contributed by atoms with Crippen LogP contribution in [-0.2, 0) is 17.8 Å². The lowest BCUT2D eigenvalue weighted by atomic mass is 9.96. The summed E-state index contributed by atoms with van der Waals surface area (Å²) in [5.41, 5.74) is 3.01. The molecule has 0 bridgehead atoms. The van der Waals surface area contributed by atoms with Crippen molar-refractivity contribution in [3.8, 4) is 17.6 Å². The molecule has 0 fully saturated rings. The predicted octanol–water partition coefficient (Wildman–Crippen LogP) is 3.38. The standard InChI is InChI=1S/C21H22O4/c1-2-3-19(14-21(23)24)18-8-10-20(11-9-18)25-15-17-6-4-16(5-7-17)12-13-22/h4-11,19,22H,12-15H2,1H3,(H,23,24)/t19-/m0/s1. The number of hydrogen-bond donors (Lipinski definition) is 2. The predicted molar refractivity (Wildman–Crippen MR) is 96.4 cm³/mol. The van der Waals surface area contributed by atoms with Crippen LogP contribution in [0.5, 0.6) is 5.75 Å². The average molecular weight is 338 g/mol. The zero-order chi connectivity index (χ0) is 18.1. The number of carboxylic acid groups (broad SMARTS) is 1. The van der Waals surface area contributed by atoms with Gasteiger partial charge in [-0.15, -0.1) is 5.92 Å². The van der Waals surface area contributed by atoms with E-state index in [0.29, 0.717) is 13.0 Å². The van der Waals surface area contributed by atoms with Crippen LogP contribution in [0.3, 0.4) is 0 Å². The van der Waals surface area contributed by atoms with Gasteiger partial charge in [-0.25, -0.2) is 0 Å². The maximum Gasteiger partial charge on any atom is 0.304 e. The summed E-state index contributed by atoms with van der Waals surface area (Å²) in [6.07, 6.45) is 0.641. The highest BCUT2D eigenvalue weighted by Crippen LogP contribution is 2.22. The molecule has 0 heterocycles. The minimum Gasteiger partial charge on any atom is -0.489 e. The number of aliphatic carboxylic acids is 1. The number of carboxylic acids is 1. The van der Waals surface area contributed by atoms with Crippen LogP contribution >= 0.6 is 0 Å². The maximum absolute atomic E-state index is 10.9. The molecule has 0 saturated heterocycles. The van der Waals surface area contributed by atoms with Crippen molar-refractivity contribution in [1.29, 1.82) is 0 Å².